The van der Waals surface area contributed by atoms with Gasteiger partial charge in [-0.3, -0.25) is 14.8 Å². The smallest absolute Gasteiger partial charge is 0.272 e. The van der Waals surface area contributed by atoms with Gasteiger partial charge < -0.3 is 5.32 Å². The number of nitro groups is 1. The Kier molecular flexibility index (Phi) is 4.78. The molecule has 1 N–H and O–H groups in total. The summed E-state index contributed by atoms with van der Waals surface area (Å²) in [6, 6.07) is 5.16. The number of aromatic nitrogens is 3. The van der Waals surface area contributed by atoms with Gasteiger partial charge >= 0.3 is 0 Å². The number of nitro benzene ring substituents is 1. The van der Waals surface area contributed by atoms with Crippen LogP contribution in [0.4, 0.5) is 5.69 Å². The molecule has 0 saturated carbocycles. The van der Waals surface area contributed by atoms with Gasteiger partial charge in [0.1, 0.15) is 0 Å². The molecule has 0 spiro atoms. The second-order valence-electron chi connectivity index (χ2n) is 4.51. The Hall–Kier alpha value is -2.28. The Labute approximate surface area is 116 Å². The molecule has 0 saturated heterocycles. The van der Waals surface area contributed by atoms with Crippen LogP contribution in [0.25, 0.3) is 0 Å². The van der Waals surface area contributed by atoms with Crippen molar-refractivity contribution in [2.24, 2.45) is 0 Å². The van der Waals surface area contributed by atoms with E-state index in [1.807, 2.05) is 12.3 Å². The Balaban J connectivity index is 1.79. The minimum Gasteiger partial charge on any atom is -0.313 e. The van der Waals surface area contributed by atoms with Gasteiger partial charge in [0.15, 0.2) is 0 Å². The van der Waals surface area contributed by atoms with Crippen LogP contribution in [0.2, 0.25) is 0 Å². The summed E-state index contributed by atoms with van der Waals surface area (Å²) in [4.78, 5) is 10.5. The van der Waals surface area contributed by atoms with Crippen molar-refractivity contribution in [2.75, 3.05) is 6.54 Å². The van der Waals surface area contributed by atoms with Crippen molar-refractivity contribution < 1.29 is 4.92 Å². The van der Waals surface area contributed by atoms with E-state index in [-0.39, 0.29) is 10.6 Å². The van der Waals surface area contributed by atoms with Crippen molar-refractivity contribution in [3.8, 4) is 0 Å². The van der Waals surface area contributed by atoms with Crippen molar-refractivity contribution in [1.82, 2.24) is 20.3 Å². The van der Waals surface area contributed by atoms with Gasteiger partial charge in [0.05, 0.1) is 11.1 Å². The summed E-state index contributed by atoms with van der Waals surface area (Å²) in [5.74, 6) is 0. The normalized spacial score (nSPS) is 10.7. The summed E-state index contributed by atoms with van der Waals surface area (Å²) >= 11 is 0. The van der Waals surface area contributed by atoms with Gasteiger partial charge in [-0.25, -0.2) is 0 Å². The molecule has 2 aromatic rings. The largest absolute Gasteiger partial charge is 0.313 e. The first-order chi connectivity index (χ1) is 9.68. The highest BCUT2D eigenvalue weighted by Crippen LogP contribution is 2.20. The monoisotopic (exact) mass is 275 g/mol. The lowest BCUT2D eigenvalue weighted by Crippen LogP contribution is -2.17. The van der Waals surface area contributed by atoms with Gasteiger partial charge in [-0.15, -0.1) is 5.10 Å². The summed E-state index contributed by atoms with van der Waals surface area (Å²) in [6.45, 7) is 4.04. The summed E-state index contributed by atoms with van der Waals surface area (Å²) in [7, 11) is 0. The number of benzene rings is 1. The highest BCUT2D eigenvalue weighted by atomic mass is 16.6. The second-order valence-corrected chi connectivity index (χ2v) is 4.51. The number of hydrogen-bond acceptors (Lipinski definition) is 5. The Morgan fingerprint density at radius 2 is 2.30 bits per heavy atom. The van der Waals surface area contributed by atoms with Gasteiger partial charge in [-0.2, -0.15) is 0 Å². The molecule has 1 heterocycles. The first kappa shape index (κ1) is 14.1. The molecule has 0 amide bonds. The van der Waals surface area contributed by atoms with Gasteiger partial charge in [-0.05, 0) is 25.5 Å². The van der Waals surface area contributed by atoms with E-state index >= 15 is 0 Å². The van der Waals surface area contributed by atoms with Crippen LogP contribution in [-0.2, 0) is 13.1 Å². The molecule has 0 atom stereocenters. The predicted octanol–water partition coefficient (Wildman–Crippen LogP) is 1.67. The number of hydrogen-bond donors (Lipinski definition) is 1. The first-order valence-electron chi connectivity index (χ1n) is 6.46. The van der Waals surface area contributed by atoms with Crippen LogP contribution in [0.1, 0.15) is 17.5 Å². The van der Waals surface area contributed by atoms with Gasteiger partial charge in [0.2, 0.25) is 0 Å². The second kappa shape index (κ2) is 6.76. The topological polar surface area (TPSA) is 85.9 Å². The molecule has 0 aliphatic heterocycles. The minimum atomic E-state index is -0.344. The number of aryl methyl sites for hydroxylation is 1. The molecule has 0 aliphatic carbocycles. The number of nitrogens with one attached hydrogen (secondary N) is 1. The maximum atomic E-state index is 10.9. The molecule has 106 valence electrons. The number of rotatable bonds is 7. The summed E-state index contributed by atoms with van der Waals surface area (Å²) in [6.07, 6.45) is 4.40. The molecule has 0 bridgehead atoms. The Bertz CT molecular complexity index is 568. The Morgan fingerprint density at radius 1 is 1.45 bits per heavy atom. The fourth-order valence-electron chi connectivity index (χ4n) is 2.00. The van der Waals surface area contributed by atoms with Crippen LogP contribution in [0, 0.1) is 17.0 Å². The van der Waals surface area contributed by atoms with Gasteiger partial charge in [0, 0.05) is 30.9 Å². The lowest BCUT2D eigenvalue weighted by atomic mass is 10.1. The molecule has 7 nitrogen and oxygen atoms in total. The zero-order valence-corrected chi connectivity index (χ0v) is 11.3. The molecular formula is C13H17N5O2. The molecule has 7 heteroatoms. The van der Waals surface area contributed by atoms with E-state index in [9.17, 15) is 10.1 Å². The first-order valence-corrected chi connectivity index (χ1v) is 6.46. The third kappa shape index (κ3) is 3.61. The molecule has 0 aliphatic rings. The van der Waals surface area contributed by atoms with E-state index in [1.165, 1.54) is 6.07 Å². The van der Waals surface area contributed by atoms with Crippen molar-refractivity contribution in [3.63, 3.8) is 0 Å². The van der Waals surface area contributed by atoms with Crippen molar-refractivity contribution in [3.05, 3.63) is 51.8 Å². The zero-order chi connectivity index (χ0) is 14.4. The third-order valence-electron chi connectivity index (χ3n) is 3.14. The van der Waals surface area contributed by atoms with E-state index in [0.717, 1.165) is 30.6 Å². The molecular weight excluding hydrogens is 258 g/mol. The summed E-state index contributed by atoms with van der Waals surface area (Å²) < 4.78 is 1.78. The maximum absolute atomic E-state index is 10.9. The van der Waals surface area contributed by atoms with E-state index in [1.54, 1.807) is 23.9 Å². The van der Waals surface area contributed by atoms with Gasteiger partial charge in [0.25, 0.3) is 5.69 Å². The third-order valence-corrected chi connectivity index (χ3v) is 3.14. The average Bonchev–Trinajstić information content (AvgIpc) is 2.93. The van der Waals surface area contributed by atoms with Crippen LogP contribution >= 0.6 is 0 Å². The van der Waals surface area contributed by atoms with Crippen molar-refractivity contribution in [1.29, 1.82) is 0 Å². The average molecular weight is 275 g/mol. The summed E-state index contributed by atoms with van der Waals surface area (Å²) in [5.41, 5.74) is 1.85. The van der Waals surface area contributed by atoms with E-state index in [2.05, 4.69) is 15.6 Å². The van der Waals surface area contributed by atoms with Crippen LogP contribution in [-0.4, -0.2) is 26.5 Å². The SMILES string of the molecule is Cc1c(CNCCCn2ccnn2)cccc1[N+](=O)[O-]. The molecule has 2 rings (SSSR count). The van der Waals surface area contributed by atoms with E-state index in [0.29, 0.717) is 6.54 Å². The maximum Gasteiger partial charge on any atom is 0.272 e. The molecule has 1 aromatic carbocycles. The highest BCUT2D eigenvalue weighted by Gasteiger charge is 2.12. The highest BCUT2D eigenvalue weighted by molar-refractivity contribution is 5.44. The summed E-state index contributed by atoms with van der Waals surface area (Å²) in [5, 5.41) is 21.8. The standard InChI is InChI=1S/C13H17N5O2/c1-11-12(4-2-5-13(11)18(19)20)10-14-6-3-8-17-9-7-15-16-17/h2,4-5,7,9,14H,3,6,8,10H2,1H3. The quantitative estimate of drug-likeness (QED) is 0.472. The molecule has 0 radical (unpaired) electrons. The molecule has 1 aromatic heterocycles. The van der Waals surface area contributed by atoms with Crippen molar-refractivity contribution in [2.45, 2.75) is 26.4 Å². The van der Waals surface area contributed by atoms with Crippen LogP contribution < -0.4 is 5.32 Å². The predicted molar refractivity (Wildman–Crippen MR) is 74.2 cm³/mol. The fraction of sp³-hybridized carbons (Fsp3) is 0.385. The van der Waals surface area contributed by atoms with Crippen LogP contribution in [0.5, 0.6) is 0 Å². The lowest BCUT2D eigenvalue weighted by Gasteiger charge is -2.08. The van der Waals surface area contributed by atoms with Crippen molar-refractivity contribution >= 4 is 5.69 Å². The van der Waals surface area contributed by atoms with Crippen LogP contribution in [0.15, 0.2) is 30.6 Å². The minimum absolute atomic E-state index is 0.173. The molecule has 20 heavy (non-hydrogen) atoms. The zero-order valence-electron chi connectivity index (χ0n) is 11.3. The van der Waals surface area contributed by atoms with E-state index in [4.69, 9.17) is 0 Å². The Morgan fingerprint density at radius 3 is 3.00 bits per heavy atom. The van der Waals surface area contributed by atoms with Gasteiger partial charge in [-0.1, -0.05) is 17.3 Å². The molecule has 0 unspecified atom stereocenters. The lowest BCUT2D eigenvalue weighted by molar-refractivity contribution is -0.385. The molecule has 0 fully saturated rings. The van der Waals surface area contributed by atoms with E-state index < -0.39 is 0 Å². The fourth-order valence-corrected chi connectivity index (χ4v) is 2.00. The number of nitrogens with zero attached hydrogens (tertiary/aromatic N) is 4. The van der Waals surface area contributed by atoms with Crippen LogP contribution in [0.3, 0.4) is 0 Å².